The zero-order valence-electron chi connectivity index (χ0n) is 9.21. The summed E-state index contributed by atoms with van der Waals surface area (Å²) < 4.78 is 10.1. The predicted molar refractivity (Wildman–Crippen MR) is 53.0 cm³/mol. The van der Waals surface area contributed by atoms with Gasteiger partial charge in [-0.05, 0) is 27.2 Å². The van der Waals surface area contributed by atoms with Crippen molar-refractivity contribution in [3.8, 4) is 0 Å². The van der Waals surface area contributed by atoms with Gasteiger partial charge in [-0.15, -0.1) is 0 Å². The molecule has 0 amide bonds. The largest absolute Gasteiger partial charge is 0.460 e. The summed E-state index contributed by atoms with van der Waals surface area (Å²) in [5, 5.41) is 8.41. The van der Waals surface area contributed by atoms with E-state index in [0.29, 0.717) is 26.1 Å². The fourth-order valence-electron chi connectivity index (χ4n) is 0.878. The van der Waals surface area contributed by atoms with Crippen LogP contribution >= 0.6 is 0 Å². The number of hydrogen-bond donors (Lipinski definition) is 1. The molecule has 0 saturated heterocycles. The lowest BCUT2D eigenvalue weighted by atomic mass is 10.2. The Hall–Kier alpha value is -0.610. The van der Waals surface area contributed by atoms with Gasteiger partial charge in [-0.1, -0.05) is 0 Å². The zero-order valence-corrected chi connectivity index (χ0v) is 9.21. The second-order valence-corrected chi connectivity index (χ2v) is 4.03. The Balaban J connectivity index is 3.36. The van der Waals surface area contributed by atoms with Gasteiger partial charge in [-0.3, -0.25) is 4.79 Å². The standard InChI is InChI=1S/C10H20O4/c1-10(2,3)14-9(12)5-4-7-13-8-6-11/h11H,4-8H2,1-3H3. The van der Waals surface area contributed by atoms with Gasteiger partial charge in [-0.25, -0.2) is 0 Å². The van der Waals surface area contributed by atoms with Crippen molar-refractivity contribution in [1.82, 2.24) is 0 Å². The average Bonchev–Trinajstić information content (AvgIpc) is 2.00. The summed E-state index contributed by atoms with van der Waals surface area (Å²) in [6.45, 7) is 6.36. The average molecular weight is 204 g/mol. The summed E-state index contributed by atoms with van der Waals surface area (Å²) in [5.41, 5.74) is -0.414. The van der Waals surface area contributed by atoms with Crippen LogP contribution in [0.3, 0.4) is 0 Å². The van der Waals surface area contributed by atoms with Crippen molar-refractivity contribution < 1.29 is 19.4 Å². The number of esters is 1. The molecular weight excluding hydrogens is 184 g/mol. The molecule has 0 atom stereocenters. The zero-order chi connectivity index (χ0) is 11.0. The van der Waals surface area contributed by atoms with Gasteiger partial charge in [0.05, 0.1) is 13.2 Å². The molecule has 0 aromatic rings. The minimum absolute atomic E-state index is 0.0203. The molecule has 0 spiro atoms. The summed E-state index contributed by atoms with van der Waals surface area (Å²) in [6, 6.07) is 0. The highest BCUT2D eigenvalue weighted by Gasteiger charge is 2.15. The molecule has 14 heavy (non-hydrogen) atoms. The lowest BCUT2D eigenvalue weighted by Gasteiger charge is -2.19. The Labute approximate surface area is 85.2 Å². The van der Waals surface area contributed by atoms with Gasteiger partial charge in [0.2, 0.25) is 0 Å². The highest BCUT2D eigenvalue weighted by molar-refractivity contribution is 5.69. The second kappa shape index (κ2) is 6.79. The van der Waals surface area contributed by atoms with Gasteiger partial charge >= 0.3 is 5.97 Å². The normalized spacial score (nSPS) is 11.4. The van der Waals surface area contributed by atoms with Crippen molar-refractivity contribution in [1.29, 1.82) is 0 Å². The van der Waals surface area contributed by atoms with Crippen LogP contribution in [0.1, 0.15) is 33.6 Å². The Kier molecular flexibility index (Phi) is 6.49. The van der Waals surface area contributed by atoms with E-state index < -0.39 is 5.60 Å². The first-order valence-corrected chi connectivity index (χ1v) is 4.86. The van der Waals surface area contributed by atoms with Gasteiger partial charge in [0, 0.05) is 13.0 Å². The lowest BCUT2D eigenvalue weighted by molar-refractivity contribution is -0.155. The van der Waals surface area contributed by atoms with Gasteiger partial charge in [0.15, 0.2) is 0 Å². The molecule has 0 aromatic heterocycles. The molecule has 0 unspecified atom stereocenters. The van der Waals surface area contributed by atoms with Gasteiger partial charge in [-0.2, -0.15) is 0 Å². The maximum atomic E-state index is 11.2. The van der Waals surface area contributed by atoms with E-state index in [0.717, 1.165) is 0 Å². The van der Waals surface area contributed by atoms with Crippen LogP contribution in [-0.4, -0.2) is 36.5 Å². The molecule has 4 nitrogen and oxygen atoms in total. The van der Waals surface area contributed by atoms with Crippen LogP contribution in [0.15, 0.2) is 0 Å². The summed E-state index contributed by atoms with van der Waals surface area (Å²) in [4.78, 5) is 11.2. The van der Waals surface area contributed by atoms with E-state index in [1.165, 1.54) is 0 Å². The number of ether oxygens (including phenoxy) is 2. The number of carbonyl (C=O) groups excluding carboxylic acids is 1. The molecule has 0 saturated carbocycles. The third-order valence-corrected chi connectivity index (χ3v) is 1.33. The van der Waals surface area contributed by atoms with E-state index in [1.54, 1.807) is 0 Å². The van der Waals surface area contributed by atoms with Gasteiger partial charge in [0.1, 0.15) is 5.60 Å². The number of aliphatic hydroxyl groups excluding tert-OH is 1. The molecule has 0 aromatic carbocycles. The van der Waals surface area contributed by atoms with Gasteiger partial charge < -0.3 is 14.6 Å². The maximum absolute atomic E-state index is 11.2. The van der Waals surface area contributed by atoms with Crippen LogP contribution < -0.4 is 0 Å². The molecule has 1 N–H and O–H groups in total. The Bertz CT molecular complexity index is 160. The summed E-state index contributed by atoms with van der Waals surface area (Å²) >= 11 is 0. The fourth-order valence-corrected chi connectivity index (χ4v) is 0.878. The predicted octanol–water partition coefficient (Wildman–Crippen LogP) is 1.12. The topological polar surface area (TPSA) is 55.8 Å². The van der Waals surface area contributed by atoms with E-state index in [2.05, 4.69) is 0 Å². The molecule has 0 fully saturated rings. The van der Waals surface area contributed by atoms with Crippen molar-refractivity contribution >= 4 is 5.97 Å². The van der Waals surface area contributed by atoms with Gasteiger partial charge in [0.25, 0.3) is 0 Å². The highest BCUT2D eigenvalue weighted by atomic mass is 16.6. The Morgan fingerprint density at radius 1 is 1.29 bits per heavy atom. The first kappa shape index (κ1) is 13.4. The Morgan fingerprint density at radius 3 is 2.43 bits per heavy atom. The highest BCUT2D eigenvalue weighted by Crippen LogP contribution is 2.08. The van der Waals surface area contributed by atoms with Crippen molar-refractivity contribution in [2.24, 2.45) is 0 Å². The molecule has 0 aliphatic rings. The molecule has 84 valence electrons. The molecule has 0 bridgehead atoms. The number of hydrogen-bond acceptors (Lipinski definition) is 4. The first-order chi connectivity index (χ1) is 6.45. The van der Waals surface area contributed by atoms with Crippen LogP contribution in [0.4, 0.5) is 0 Å². The Morgan fingerprint density at radius 2 is 1.93 bits per heavy atom. The van der Waals surface area contributed by atoms with Crippen LogP contribution in [0, 0.1) is 0 Å². The molecule has 4 heteroatoms. The van der Waals surface area contributed by atoms with Crippen molar-refractivity contribution in [2.45, 2.75) is 39.2 Å². The smallest absolute Gasteiger partial charge is 0.306 e. The first-order valence-electron chi connectivity index (χ1n) is 4.86. The van der Waals surface area contributed by atoms with E-state index >= 15 is 0 Å². The third-order valence-electron chi connectivity index (χ3n) is 1.33. The van der Waals surface area contributed by atoms with Crippen LogP contribution in [0.5, 0.6) is 0 Å². The second-order valence-electron chi connectivity index (χ2n) is 4.03. The number of carbonyl (C=O) groups is 1. The summed E-state index contributed by atoms with van der Waals surface area (Å²) in [7, 11) is 0. The van der Waals surface area contributed by atoms with E-state index in [4.69, 9.17) is 14.6 Å². The summed E-state index contributed by atoms with van der Waals surface area (Å²) in [6.07, 6.45) is 0.998. The van der Waals surface area contributed by atoms with Crippen LogP contribution in [0.25, 0.3) is 0 Å². The minimum Gasteiger partial charge on any atom is -0.460 e. The molecular formula is C10H20O4. The monoisotopic (exact) mass is 204 g/mol. The SMILES string of the molecule is CC(C)(C)OC(=O)CCCOCCO. The molecule has 0 aliphatic carbocycles. The molecule has 0 rings (SSSR count). The van der Waals surface area contributed by atoms with Crippen molar-refractivity contribution in [3.05, 3.63) is 0 Å². The van der Waals surface area contributed by atoms with Crippen molar-refractivity contribution in [3.63, 3.8) is 0 Å². The van der Waals surface area contributed by atoms with E-state index in [-0.39, 0.29) is 12.6 Å². The van der Waals surface area contributed by atoms with E-state index in [1.807, 2.05) is 20.8 Å². The van der Waals surface area contributed by atoms with Crippen LogP contribution in [-0.2, 0) is 14.3 Å². The fraction of sp³-hybridized carbons (Fsp3) is 0.900. The lowest BCUT2D eigenvalue weighted by Crippen LogP contribution is -2.23. The number of aliphatic hydroxyl groups is 1. The molecule has 0 radical (unpaired) electrons. The number of rotatable bonds is 6. The minimum atomic E-state index is -0.414. The molecule has 0 heterocycles. The molecule has 0 aliphatic heterocycles. The van der Waals surface area contributed by atoms with Crippen molar-refractivity contribution in [2.75, 3.05) is 19.8 Å². The van der Waals surface area contributed by atoms with Crippen LogP contribution in [0.2, 0.25) is 0 Å². The quantitative estimate of drug-likeness (QED) is 0.520. The summed E-state index contributed by atoms with van der Waals surface area (Å²) in [5.74, 6) is -0.204. The maximum Gasteiger partial charge on any atom is 0.306 e. The third kappa shape index (κ3) is 9.48. The van der Waals surface area contributed by atoms with E-state index in [9.17, 15) is 4.79 Å².